The van der Waals surface area contributed by atoms with Crippen LogP contribution < -0.4 is 5.73 Å². The third-order valence-electron chi connectivity index (χ3n) is 4.52. The summed E-state index contributed by atoms with van der Waals surface area (Å²) in [7, 11) is 0. The molecule has 2 aromatic carbocycles. The zero-order chi connectivity index (χ0) is 21.4. The summed E-state index contributed by atoms with van der Waals surface area (Å²) in [6, 6.07) is 14.2. The molecule has 152 valence electrons. The number of ether oxygens (including phenoxy) is 1. The average Bonchev–Trinajstić information content (AvgIpc) is 3.04. The maximum Gasteiger partial charge on any atom is 0.376 e. The number of aromatic nitrogens is 1. The second kappa shape index (κ2) is 8.19. The van der Waals surface area contributed by atoms with Crippen molar-refractivity contribution in [3.63, 3.8) is 0 Å². The van der Waals surface area contributed by atoms with Crippen molar-refractivity contribution in [3.05, 3.63) is 69.4 Å². The molecule has 0 aliphatic heterocycles. The fourth-order valence-corrected chi connectivity index (χ4v) is 3.75. The van der Waals surface area contributed by atoms with Crippen LogP contribution in [0.2, 0.25) is 15.1 Å². The first-order chi connectivity index (χ1) is 14.4. The fraction of sp³-hybridized carbons (Fsp3) is 0.0909. The molecule has 2 N–H and O–H groups in total. The highest BCUT2D eigenvalue weighted by molar-refractivity contribution is 6.36. The number of pyridine rings is 1. The average molecular weight is 462 g/mol. The molecular formula is C22H15Cl3N2O3. The Balaban J connectivity index is 2.01. The third-order valence-corrected chi connectivity index (χ3v) is 5.32. The number of hydrogen-bond donors (Lipinski definition) is 1. The molecule has 5 nitrogen and oxygen atoms in total. The zero-order valence-corrected chi connectivity index (χ0v) is 18.0. The van der Waals surface area contributed by atoms with Crippen LogP contribution in [0.3, 0.4) is 0 Å². The number of nitrogens with two attached hydrogens (primary N) is 1. The summed E-state index contributed by atoms with van der Waals surface area (Å²) in [5, 5.41) is 2.03. The van der Waals surface area contributed by atoms with E-state index in [0.29, 0.717) is 31.7 Å². The van der Waals surface area contributed by atoms with Crippen molar-refractivity contribution in [2.45, 2.75) is 6.92 Å². The van der Waals surface area contributed by atoms with Crippen LogP contribution in [-0.4, -0.2) is 17.6 Å². The number of anilines is 1. The Morgan fingerprint density at radius 3 is 2.40 bits per heavy atom. The number of halogens is 3. The molecule has 2 aromatic heterocycles. The second-order valence-electron chi connectivity index (χ2n) is 6.43. The van der Waals surface area contributed by atoms with Crippen LogP contribution in [-0.2, 0) is 4.74 Å². The molecule has 0 spiro atoms. The number of nitrogens with zero attached hydrogens (tertiary/aromatic N) is 1. The minimum absolute atomic E-state index is 0.0826. The largest absolute Gasteiger partial charge is 0.460 e. The van der Waals surface area contributed by atoms with E-state index in [4.69, 9.17) is 49.7 Å². The number of esters is 1. The first-order valence-corrected chi connectivity index (χ1v) is 10.1. The zero-order valence-electron chi connectivity index (χ0n) is 15.7. The Bertz CT molecular complexity index is 1270. The number of rotatable bonds is 4. The van der Waals surface area contributed by atoms with Crippen LogP contribution in [0.1, 0.15) is 17.5 Å². The molecule has 4 rings (SSSR count). The van der Waals surface area contributed by atoms with Gasteiger partial charge in [-0.1, -0.05) is 46.9 Å². The number of hydrogen-bond acceptors (Lipinski definition) is 5. The van der Waals surface area contributed by atoms with E-state index >= 15 is 0 Å². The second-order valence-corrected chi connectivity index (χ2v) is 7.71. The Kier molecular flexibility index (Phi) is 5.60. The van der Waals surface area contributed by atoms with Gasteiger partial charge in [0.05, 0.1) is 28.4 Å². The van der Waals surface area contributed by atoms with Gasteiger partial charge in [0.25, 0.3) is 0 Å². The van der Waals surface area contributed by atoms with E-state index < -0.39 is 5.97 Å². The fourth-order valence-electron chi connectivity index (χ4n) is 3.13. The first kappa shape index (κ1) is 20.5. The monoisotopic (exact) mass is 460 g/mol. The number of carbonyl (C=O) groups is 1. The Labute approximate surface area is 187 Å². The Morgan fingerprint density at radius 2 is 1.73 bits per heavy atom. The summed E-state index contributed by atoms with van der Waals surface area (Å²) in [6.07, 6.45) is 0. The molecule has 0 atom stereocenters. The van der Waals surface area contributed by atoms with Gasteiger partial charge < -0.3 is 14.9 Å². The quantitative estimate of drug-likeness (QED) is 0.335. The number of carbonyl (C=O) groups excluding carboxylic acids is 1. The van der Waals surface area contributed by atoms with Gasteiger partial charge in [0.15, 0.2) is 0 Å². The predicted molar refractivity (Wildman–Crippen MR) is 120 cm³/mol. The molecule has 0 saturated carbocycles. The minimum Gasteiger partial charge on any atom is -0.460 e. The minimum atomic E-state index is -0.646. The number of fused-ring (bicyclic) bond motifs is 1. The maximum atomic E-state index is 12.2. The van der Waals surface area contributed by atoms with Crippen molar-refractivity contribution in [1.29, 1.82) is 0 Å². The highest BCUT2D eigenvalue weighted by atomic mass is 35.5. The molecule has 2 heterocycles. The molecule has 30 heavy (non-hydrogen) atoms. The van der Waals surface area contributed by atoms with Gasteiger partial charge in [-0.15, -0.1) is 0 Å². The van der Waals surface area contributed by atoms with E-state index in [1.54, 1.807) is 37.3 Å². The van der Waals surface area contributed by atoms with Crippen molar-refractivity contribution >= 4 is 57.6 Å². The van der Waals surface area contributed by atoms with Crippen LogP contribution in [0.5, 0.6) is 0 Å². The highest BCUT2D eigenvalue weighted by Gasteiger charge is 2.23. The van der Waals surface area contributed by atoms with Gasteiger partial charge >= 0.3 is 5.97 Å². The van der Waals surface area contributed by atoms with Crippen LogP contribution in [0.25, 0.3) is 33.5 Å². The molecule has 8 heteroatoms. The van der Waals surface area contributed by atoms with E-state index in [9.17, 15) is 4.79 Å². The lowest BCUT2D eigenvalue weighted by Crippen LogP contribution is -2.05. The van der Waals surface area contributed by atoms with Crippen LogP contribution in [0.4, 0.5) is 5.69 Å². The topological polar surface area (TPSA) is 78.3 Å². The first-order valence-electron chi connectivity index (χ1n) is 9.00. The molecule has 0 saturated heterocycles. The molecule has 0 radical (unpaired) electrons. The van der Waals surface area contributed by atoms with Crippen molar-refractivity contribution in [3.8, 4) is 22.4 Å². The lowest BCUT2D eigenvalue weighted by Gasteiger charge is -2.11. The molecule has 0 fully saturated rings. The predicted octanol–water partition coefficient (Wildman–Crippen LogP) is 6.88. The molecule has 0 unspecified atom stereocenters. The van der Waals surface area contributed by atoms with Gasteiger partial charge in [0.1, 0.15) is 0 Å². The van der Waals surface area contributed by atoms with E-state index in [-0.39, 0.29) is 23.8 Å². The van der Waals surface area contributed by atoms with Crippen molar-refractivity contribution in [2.24, 2.45) is 0 Å². The van der Waals surface area contributed by atoms with Crippen LogP contribution >= 0.6 is 34.8 Å². The summed E-state index contributed by atoms with van der Waals surface area (Å²) < 4.78 is 10.7. The van der Waals surface area contributed by atoms with Crippen LogP contribution in [0, 0.1) is 0 Å². The smallest absolute Gasteiger partial charge is 0.376 e. The summed E-state index contributed by atoms with van der Waals surface area (Å²) in [6.45, 7) is 1.90. The summed E-state index contributed by atoms with van der Waals surface area (Å²) in [5.41, 5.74) is 9.34. The van der Waals surface area contributed by atoms with Gasteiger partial charge in [-0.25, -0.2) is 9.78 Å². The molecule has 0 bridgehead atoms. The number of furan rings is 1. The van der Waals surface area contributed by atoms with Gasteiger partial charge in [-0.3, -0.25) is 0 Å². The molecule has 0 amide bonds. The van der Waals surface area contributed by atoms with E-state index in [1.807, 2.05) is 18.2 Å². The van der Waals surface area contributed by atoms with Gasteiger partial charge in [-0.2, -0.15) is 0 Å². The normalized spacial score (nSPS) is 11.1. The van der Waals surface area contributed by atoms with E-state index in [1.165, 1.54) is 0 Å². The van der Waals surface area contributed by atoms with Gasteiger partial charge in [-0.05, 0) is 48.9 Å². The third kappa shape index (κ3) is 3.72. The Hall–Kier alpha value is -2.73. The van der Waals surface area contributed by atoms with Crippen LogP contribution in [0.15, 0.2) is 52.9 Å². The number of benzene rings is 2. The van der Waals surface area contributed by atoms with E-state index in [0.717, 1.165) is 11.1 Å². The highest BCUT2D eigenvalue weighted by Crippen LogP contribution is 2.40. The van der Waals surface area contributed by atoms with E-state index in [2.05, 4.69) is 4.98 Å². The standard InChI is InChI=1S/C22H15Cl3N2O3/c1-2-29-22(28)20-18(26)16-10-15(11-3-5-12(23)6-4-11)19(27-21(16)30-20)14-8-7-13(24)9-17(14)25/h3-10H,2,26H2,1H3. The Morgan fingerprint density at radius 1 is 1.03 bits per heavy atom. The molecule has 0 aliphatic rings. The molecule has 4 aromatic rings. The summed E-state index contributed by atoms with van der Waals surface area (Å²) in [4.78, 5) is 16.8. The van der Waals surface area contributed by atoms with Crippen molar-refractivity contribution < 1.29 is 13.9 Å². The molecular weight excluding hydrogens is 447 g/mol. The maximum absolute atomic E-state index is 12.2. The van der Waals surface area contributed by atoms with Crippen molar-refractivity contribution in [1.82, 2.24) is 4.98 Å². The molecule has 0 aliphatic carbocycles. The van der Waals surface area contributed by atoms with Gasteiger partial charge in [0, 0.05) is 21.2 Å². The lowest BCUT2D eigenvalue weighted by molar-refractivity contribution is 0.0494. The van der Waals surface area contributed by atoms with Crippen molar-refractivity contribution in [2.75, 3.05) is 12.3 Å². The lowest BCUT2D eigenvalue weighted by atomic mass is 9.98. The SMILES string of the molecule is CCOC(=O)c1oc2nc(-c3ccc(Cl)cc3Cl)c(-c3ccc(Cl)cc3)cc2c1N. The summed E-state index contributed by atoms with van der Waals surface area (Å²) >= 11 is 18.6. The number of nitrogen functional groups attached to an aromatic ring is 1. The summed E-state index contributed by atoms with van der Waals surface area (Å²) in [5.74, 6) is -0.729. The van der Waals surface area contributed by atoms with Gasteiger partial charge in [0.2, 0.25) is 11.5 Å².